The van der Waals surface area contributed by atoms with E-state index in [0.717, 1.165) is 140 Å². The molecular formula is C98H63N7S. The van der Waals surface area contributed by atoms with E-state index >= 15 is 0 Å². The number of nitrogens with zero attached hydrogens (tertiary/aromatic N) is 7. The van der Waals surface area contributed by atoms with Crippen molar-refractivity contribution in [3.8, 4) is 118 Å². The molecule has 496 valence electrons. The van der Waals surface area contributed by atoms with E-state index < -0.39 is 0 Å². The Kier molecular flexibility index (Phi) is 15.3. The van der Waals surface area contributed by atoms with Crippen molar-refractivity contribution in [2.24, 2.45) is 0 Å². The largest absolute Gasteiger partial charge is 0.310 e. The number of benzene rings is 15. The van der Waals surface area contributed by atoms with E-state index in [9.17, 15) is 0 Å². The molecule has 0 atom stereocenters. The normalized spacial score (nSPS) is 11.9. The van der Waals surface area contributed by atoms with Gasteiger partial charge in [0, 0.05) is 104 Å². The molecule has 0 unspecified atom stereocenters. The zero-order chi connectivity index (χ0) is 70.0. The van der Waals surface area contributed by atoms with Crippen LogP contribution in [0.5, 0.6) is 0 Å². The van der Waals surface area contributed by atoms with E-state index in [1.165, 1.54) is 42.0 Å². The van der Waals surface area contributed by atoms with Gasteiger partial charge < -0.3 is 14.4 Å². The van der Waals surface area contributed by atoms with Gasteiger partial charge in [0.1, 0.15) is 0 Å². The van der Waals surface area contributed by atoms with Gasteiger partial charge in [-0.25, -0.2) is 19.9 Å². The maximum absolute atomic E-state index is 5.20. The minimum absolute atomic E-state index is 0.698. The topological polar surface area (TPSA) is 63.0 Å². The lowest BCUT2D eigenvalue weighted by atomic mass is 9.98. The molecule has 20 bridgehead atoms. The lowest BCUT2D eigenvalue weighted by molar-refractivity contribution is 1.18. The maximum Gasteiger partial charge on any atom is 0.160 e. The molecule has 0 fully saturated rings. The Morgan fingerprint density at radius 1 is 0.179 bits per heavy atom. The van der Waals surface area contributed by atoms with Crippen LogP contribution in [0.15, 0.2) is 382 Å². The SMILES string of the molecule is c1ccc(-c2cc3nc(n2)-c2cccc(c2)-c2cccc(c2)N(c2ccc4c(c2)c2ccccc2n4-c2ccccc2)c2cccc(c2)-c2cccc-3c2)cc1.c1ccc(-c2cc3nc(n2)-c2cccc(c2)-c2cccc(c2)N(c2ccc4c(c2)sc2ccccc24)c2cccc(c2)-c2cccc-3c2)cc1. The van der Waals surface area contributed by atoms with Crippen LogP contribution in [0.2, 0.25) is 0 Å². The van der Waals surface area contributed by atoms with Crippen molar-refractivity contribution >= 4 is 87.4 Å². The van der Waals surface area contributed by atoms with Gasteiger partial charge >= 0.3 is 0 Å². The van der Waals surface area contributed by atoms with Gasteiger partial charge in [0.2, 0.25) is 0 Å². The molecule has 8 heteroatoms. The third-order valence-corrected chi connectivity index (χ3v) is 21.6. The first-order chi connectivity index (χ1) is 52.5. The highest BCUT2D eigenvalue weighted by Gasteiger charge is 2.23. The van der Waals surface area contributed by atoms with Crippen LogP contribution in [0.25, 0.3) is 160 Å². The van der Waals surface area contributed by atoms with E-state index in [0.29, 0.717) is 11.6 Å². The molecular weight excluding hydrogens is 1310 g/mol. The van der Waals surface area contributed by atoms with Crippen molar-refractivity contribution in [1.82, 2.24) is 24.5 Å². The highest BCUT2D eigenvalue weighted by atomic mass is 32.1. The fourth-order valence-electron chi connectivity index (χ4n) is 15.4. The number of rotatable bonds is 5. The van der Waals surface area contributed by atoms with Crippen molar-refractivity contribution in [3.05, 3.63) is 382 Å². The van der Waals surface area contributed by atoms with E-state index in [4.69, 9.17) is 19.9 Å². The highest BCUT2D eigenvalue weighted by molar-refractivity contribution is 7.25. The van der Waals surface area contributed by atoms with E-state index in [1.54, 1.807) is 0 Å². The van der Waals surface area contributed by atoms with Crippen LogP contribution in [0.3, 0.4) is 0 Å². The quantitative estimate of drug-likeness (QED) is 0.171. The number of thiophene rings is 1. The predicted molar refractivity (Wildman–Crippen MR) is 442 cm³/mol. The second-order valence-electron chi connectivity index (χ2n) is 27.0. The van der Waals surface area contributed by atoms with Gasteiger partial charge in [0.15, 0.2) is 11.6 Å². The van der Waals surface area contributed by atoms with Crippen LogP contribution in [-0.4, -0.2) is 24.5 Å². The lowest BCUT2D eigenvalue weighted by Gasteiger charge is -2.27. The van der Waals surface area contributed by atoms with Crippen LogP contribution in [0.4, 0.5) is 34.1 Å². The van der Waals surface area contributed by atoms with Crippen LogP contribution in [0, 0.1) is 0 Å². The van der Waals surface area contributed by atoms with Gasteiger partial charge in [-0.2, -0.15) is 0 Å². The van der Waals surface area contributed by atoms with Crippen molar-refractivity contribution in [2.45, 2.75) is 0 Å². The molecule has 7 nitrogen and oxygen atoms in total. The molecule has 0 saturated heterocycles. The number of para-hydroxylation sites is 2. The zero-order valence-corrected chi connectivity index (χ0v) is 58.2. The average Bonchev–Trinajstić information content (AvgIpc) is 1.58. The molecule has 6 heterocycles. The number of aromatic nitrogens is 5. The summed E-state index contributed by atoms with van der Waals surface area (Å²) in [6.07, 6.45) is 0. The van der Waals surface area contributed by atoms with E-state index in [2.05, 4.69) is 384 Å². The minimum atomic E-state index is 0.698. The Balaban J connectivity index is 0.000000141. The Labute approximate surface area is 617 Å². The molecule has 106 heavy (non-hydrogen) atoms. The molecule has 21 rings (SSSR count). The summed E-state index contributed by atoms with van der Waals surface area (Å²) in [5, 5.41) is 5.03. The van der Waals surface area contributed by atoms with E-state index in [1.807, 2.05) is 23.5 Å². The smallest absolute Gasteiger partial charge is 0.160 e. The molecule has 0 saturated carbocycles. The van der Waals surface area contributed by atoms with Gasteiger partial charge in [-0.3, -0.25) is 0 Å². The fraction of sp³-hybridized carbons (Fsp3) is 0. The Morgan fingerprint density at radius 2 is 0.500 bits per heavy atom. The summed E-state index contributed by atoms with van der Waals surface area (Å²) in [4.78, 5) is 25.4. The first kappa shape index (κ1) is 61.9. The number of hydrogen-bond donors (Lipinski definition) is 0. The third kappa shape index (κ3) is 11.4. The molecule has 0 amide bonds. The van der Waals surface area contributed by atoms with Crippen molar-refractivity contribution in [2.75, 3.05) is 9.80 Å². The maximum atomic E-state index is 5.20. The summed E-state index contributed by atoms with van der Waals surface area (Å²) in [7, 11) is 0. The summed E-state index contributed by atoms with van der Waals surface area (Å²) in [6, 6.07) is 137. The standard InChI is InChI=1S/C52H34N4.C46H29N3S/c1-3-13-35(14-4-1)48-34-49-40-19-9-15-36(29-40)38-17-11-23-43(31-38)55(44-24-12-18-39(32-44)37-16-10-20-41(30-37)52(53-48)54-49)45-27-28-51-47(33-45)46-25-7-8-26-50(46)56(51)42-21-5-2-6-22-42;1-2-10-30(11-3-1)42-29-43-35-16-6-12-31(24-35)33-14-8-18-37(26-33)49(39-22-23-41-40-20-4-5-21-44(40)50-45(41)28-39)38-19-9-15-34(27-38)32-13-7-17-36(25-32)46(47-42)48-43/h1-34H;1-29H. The molecule has 0 N–H and O–H groups in total. The Bertz CT molecular complexity index is 6400. The Morgan fingerprint density at radius 3 is 0.991 bits per heavy atom. The highest BCUT2D eigenvalue weighted by Crippen LogP contribution is 2.46. The monoisotopic (exact) mass is 1370 g/mol. The average molecular weight is 1370 g/mol. The lowest BCUT2D eigenvalue weighted by Crippen LogP contribution is -2.10. The molecule has 0 spiro atoms. The van der Waals surface area contributed by atoms with Gasteiger partial charge in [0.25, 0.3) is 0 Å². The number of anilines is 6. The third-order valence-electron chi connectivity index (χ3n) is 20.4. The number of fused-ring (bicyclic) bond motifs is 34. The van der Waals surface area contributed by atoms with Gasteiger partial charge in [-0.15, -0.1) is 11.3 Å². The van der Waals surface area contributed by atoms with Gasteiger partial charge in [-0.05, 0) is 184 Å². The fourth-order valence-corrected chi connectivity index (χ4v) is 16.5. The van der Waals surface area contributed by atoms with Crippen molar-refractivity contribution in [3.63, 3.8) is 0 Å². The second kappa shape index (κ2) is 26.2. The molecule has 2 aliphatic heterocycles. The minimum Gasteiger partial charge on any atom is -0.310 e. The summed E-state index contributed by atoms with van der Waals surface area (Å²) in [6.45, 7) is 0. The molecule has 19 aromatic rings. The first-order valence-corrected chi connectivity index (χ1v) is 36.6. The van der Waals surface area contributed by atoms with Crippen LogP contribution in [0.1, 0.15) is 0 Å². The Hall–Kier alpha value is -13.9. The molecule has 0 radical (unpaired) electrons. The molecule has 2 aliphatic rings. The van der Waals surface area contributed by atoms with Crippen molar-refractivity contribution in [1.29, 1.82) is 0 Å². The van der Waals surface area contributed by atoms with Gasteiger partial charge in [-0.1, -0.05) is 243 Å². The van der Waals surface area contributed by atoms with Gasteiger partial charge in [0.05, 0.1) is 33.8 Å². The van der Waals surface area contributed by atoms with Crippen LogP contribution in [-0.2, 0) is 0 Å². The number of hydrogen-bond acceptors (Lipinski definition) is 7. The zero-order valence-electron chi connectivity index (χ0n) is 57.4. The summed E-state index contributed by atoms with van der Waals surface area (Å²) < 4.78 is 4.95. The summed E-state index contributed by atoms with van der Waals surface area (Å²) in [5.74, 6) is 1.40. The van der Waals surface area contributed by atoms with Crippen LogP contribution >= 0.6 is 11.3 Å². The summed E-state index contributed by atoms with van der Waals surface area (Å²) in [5.41, 5.74) is 28.8. The van der Waals surface area contributed by atoms with Crippen LogP contribution < -0.4 is 9.80 Å². The van der Waals surface area contributed by atoms with E-state index in [-0.39, 0.29) is 0 Å². The molecule has 0 aliphatic carbocycles. The first-order valence-electron chi connectivity index (χ1n) is 35.8. The molecule has 15 aromatic carbocycles. The molecule has 4 aromatic heterocycles. The second-order valence-corrected chi connectivity index (χ2v) is 28.1. The predicted octanol–water partition coefficient (Wildman–Crippen LogP) is 26.7. The summed E-state index contributed by atoms with van der Waals surface area (Å²) >= 11 is 1.85. The van der Waals surface area contributed by atoms with Crippen molar-refractivity contribution < 1.29 is 0 Å².